The lowest BCUT2D eigenvalue weighted by molar-refractivity contribution is -0.150. The average molecular weight is 547 g/mol. The van der Waals surface area contributed by atoms with Gasteiger partial charge in [0.15, 0.2) is 11.5 Å². The van der Waals surface area contributed by atoms with Crippen LogP contribution in [-0.4, -0.2) is 45.4 Å². The van der Waals surface area contributed by atoms with E-state index in [2.05, 4.69) is 52.5 Å². The van der Waals surface area contributed by atoms with Gasteiger partial charge in [-0.1, -0.05) is 0 Å². The van der Waals surface area contributed by atoms with Crippen molar-refractivity contribution in [1.29, 1.82) is 0 Å². The lowest BCUT2D eigenvalue weighted by atomic mass is 9.93. The van der Waals surface area contributed by atoms with Crippen molar-refractivity contribution in [2.45, 2.75) is 6.42 Å². The van der Waals surface area contributed by atoms with Gasteiger partial charge in [0.1, 0.15) is 0 Å². The quantitative estimate of drug-likeness (QED) is 0.185. The molecular weight excluding hydrogens is 536 g/mol. The van der Waals surface area contributed by atoms with Gasteiger partial charge < -0.3 is 25.2 Å². The van der Waals surface area contributed by atoms with Crippen LogP contribution in [0.4, 0.5) is 0 Å². The van der Waals surface area contributed by atoms with Crippen molar-refractivity contribution in [2.75, 3.05) is 7.11 Å². The van der Waals surface area contributed by atoms with E-state index in [0.717, 1.165) is 13.2 Å². The zero-order valence-electron chi connectivity index (χ0n) is 12.4. The summed E-state index contributed by atoms with van der Waals surface area (Å²) in [4.78, 5) is 34.3. The van der Waals surface area contributed by atoms with Gasteiger partial charge in [0, 0.05) is 10.0 Å². The third-order valence-electron chi connectivity index (χ3n) is 3.12. The van der Waals surface area contributed by atoms with Crippen molar-refractivity contribution in [1.82, 2.24) is 0 Å². The van der Waals surface area contributed by atoms with Gasteiger partial charge >= 0.3 is 17.9 Å². The number of carbonyl (C=O) groups is 3. The third kappa shape index (κ3) is 4.73. The van der Waals surface area contributed by atoms with Crippen LogP contribution in [0.3, 0.4) is 0 Å². The van der Waals surface area contributed by atoms with E-state index in [4.69, 9.17) is 0 Å². The Morgan fingerprint density at radius 2 is 1.56 bits per heavy atom. The number of phenols is 2. The molecule has 25 heavy (non-hydrogen) atoms. The molecule has 0 bridgehead atoms. The number of benzene rings is 1. The maximum atomic E-state index is 11.5. The minimum absolute atomic E-state index is 0.0315. The van der Waals surface area contributed by atoms with Crippen LogP contribution in [-0.2, 0) is 19.1 Å². The zero-order chi connectivity index (χ0) is 19.5. The summed E-state index contributed by atoms with van der Waals surface area (Å²) >= 11 is 9.14. The number of carbonyl (C=O) groups excluding carboxylic acids is 1. The van der Waals surface area contributed by atoms with Crippen molar-refractivity contribution in [2.24, 2.45) is 5.92 Å². The molecule has 0 fully saturated rings. The Labute approximate surface area is 166 Å². The molecule has 0 saturated carbocycles. The summed E-state index contributed by atoms with van der Waals surface area (Å²) in [6, 6.07) is 0. The summed E-state index contributed by atoms with van der Waals surface area (Å²) in [6.07, 6.45) is 0.284. The Balaban J connectivity index is 3.62. The number of aromatic hydroxyl groups is 2. The molecular formula is C14H11Br3O8. The molecule has 4 N–H and O–H groups in total. The second-order valence-electron chi connectivity index (χ2n) is 4.63. The SMILES string of the molecule is COC(=O)CC(C(=O)O)/C(=C\c1c(Br)c(O)c(O)c(Br)c1Br)C(=O)O. The first-order valence-electron chi connectivity index (χ1n) is 6.35. The summed E-state index contributed by atoms with van der Waals surface area (Å²) in [6.45, 7) is 0. The average Bonchev–Trinajstić information content (AvgIpc) is 2.56. The topological polar surface area (TPSA) is 141 Å². The Kier molecular flexibility index (Phi) is 7.44. The van der Waals surface area contributed by atoms with Crippen LogP contribution < -0.4 is 0 Å². The highest BCUT2D eigenvalue weighted by Gasteiger charge is 2.31. The predicted octanol–water partition coefficient (Wildman–Crippen LogP) is 3.12. The molecule has 0 radical (unpaired) electrons. The highest BCUT2D eigenvalue weighted by atomic mass is 79.9. The molecule has 8 nitrogen and oxygen atoms in total. The molecule has 0 heterocycles. The molecule has 0 spiro atoms. The maximum absolute atomic E-state index is 11.5. The monoisotopic (exact) mass is 544 g/mol. The summed E-state index contributed by atoms with van der Waals surface area (Å²) in [7, 11) is 1.05. The molecule has 0 aromatic heterocycles. The maximum Gasteiger partial charge on any atom is 0.332 e. The summed E-state index contributed by atoms with van der Waals surface area (Å²) in [5.41, 5.74) is -0.563. The summed E-state index contributed by atoms with van der Waals surface area (Å²) in [5.74, 6) is -6.76. The lowest BCUT2D eigenvalue weighted by Gasteiger charge is -2.15. The fourth-order valence-corrected chi connectivity index (χ4v) is 3.50. The third-order valence-corrected chi connectivity index (χ3v) is 6.06. The van der Waals surface area contributed by atoms with Gasteiger partial charge in [-0.05, 0) is 53.9 Å². The van der Waals surface area contributed by atoms with Crippen molar-refractivity contribution in [3.63, 3.8) is 0 Å². The molecule has 0 amide bonds. The number of hydrogen-bond acceptors (Lipinski definition) is 6. The molecule has 1 aromatic rings. The van der Waals surface area contributed by atoms with Gasteiger partial charge in [0.25, 0.3) is 0 Å². The summed E-state index contributed by atoms with van der Waals surface area (Å²) < 4.78 is 4.52. The number of carboxylic acids is 2. The highest BCUT2D eigenvalue weighted by molar-refractivity contribution is 9.13. The lowest BCUT2D eigenvalue weighted by Crippen LogP contribution is -2.24. The zero-order valence-corrected chi connectivity index (χ0v) is 17.2. The van der Waals surface area contributed by atoms with Crippen LogP contribution >= 0.6 is 47.8 Å². The number of aliphatic carboxylic acids is 2. The Morgan fingerprint density at radius 1 is 1.04 bits per heavy atom. The first kappa shape index (κ1) is 21.5. The standard InChI is InChI=1S/C14H11Br3O8/c1-25-7(18)3-5(14(23)24)4(13(21)22)2-6-8(15)10(17)12(20)11(19)9(6)16/h2,5,19-20H,3H2,1H3,(H,21,22)(H,23,24)/b4-2+. The van der Waals surface area contributed by atoms with Gasteiger partial charge in [-0.25, -0.2) is 4.79 Å². The number of ether oxygens (including phenoxy) is 1. The number of esters is 1. The molecule has 1 aromatic carbocycles. The Morgan fingerprint density at radius 3 is 2.00 bits per heavy atom. The smallest absolute Gasteiger partial charge is 0.332 e. The number of phenolic OH excluding ortho intramolecular Hbond substituents is 2. The van der Waals surface area contributed by atoms with E-state index in [9.17, 15) is 34.8 Å². The molecule has 1 unspecified atom stereocenters. The van der Waals surface area contributed by atoms with Crippen LogP contribution in [0.1, 0.15) is 12.0 Å². The van der Waals surface area contributed by atoms with Crippen LogP contribution in [0.5, 0.6) is 11.5 Å². The molecule has 0 aliphatic heterocycles. The van der Waals surface area contributed by atoms with Gasteiger partial charge in [-0.2, -0.15) is 0 Å². The fourth-order valence-electron chi connectivity index (χ4n) is 1.83. The van der Waals surface area contributed by atoms with Crippen molar-refractivity contribution in [3.05, 3.63) is 24.6 Å². The van der Waals surface area contributed by atoms with Crippen molar-refractivity contribution in [3.8, 4) is 11.5 Å². The first-order chi connectivity index (χ1) is 11.5. The predicted molar refractivity (Wildman–Crippen MR) is 96.2 cm³/mol. The molecule has 0 aliphatic carbocycles. The van der Waals surface area contributed by atoms with E-state index in [0.29, 0.717) is 0 Å². The first-order valence-corrected chi connectivity index (χ1v) is 8.73. The Bertz CT molecular complexity index is 743. The van der Waals surface area contributed by atoms with Crippen molar-refractivity contribution >= 4 is 71.8 Å². The van der Waals surface area contributed by atoms with Gasteiger partial charge in [-0.3, -0.25) is 9.59 Å². The molecule has 0 aliphatic rings. The minimum Gasteiger partial charge on any atom is -0.503 e. The van der Waals surface area contributed by atoms with E-state index in [1.54, 1.807) is 0 Å². The molecule has 11 heteroatoms. The number of hydrogen-bond donors (Lipinski definition) is 4. The van der Waals surface area contributed by atoms with Crippen LogP contribution in [0.15, 0.2) is 19.0 Å². The van der Waals surface area contributed by atoms with Crippen molar-refractivity contribution < 1.29 is 39.5 Å². The van der Waals surface area contributed by atoms with Gasteiger partial charge in [0.2, 0.25) is 0 Å². The largest absolute Gasteiger partial charge is 0.503 e. The number of halogens is 3. The van der Waals surface area contributed by atoms with E-state index < -0.39 is 47.3 Å². The molecule has 1 rings (SSSR count). The van der Waals surface area contributed by atoms with Crippen LogP contribution in [0, 0.1) is 5.92 Å². The molecule has 1 atom stereocenters. The van der Waals surface area contributed by atoms with Crippen LogP contribution in [0.25, 0.3) is 6.08 Å². The second kappa shape index (κ2) is 8.68. The molecule has 136 valence electrons. The highest BCUT2D eigenvalue weighted by Crippen LogP contribution is 2.47. The van der Waals surface area contributed by atoms with Gasteiger partial charge in [-0.15, -0.1) is 0 Å². The van der Waals surface area contributed by atoms with Gasteiger partial charge in [0.05, 0.1) is 34.0 Å². The number of rotatable bonds is 6. The van der Waals surface area contributed by atoms with E-state index in [1.807, 2.05) is 0 Å². The fraction of sp³-hybridized carbons (Fsp3) is 0.214. The van der Waals surface area contributed by atoms with E-state index >= 15 is 0 Å². The van der Waals surface area contributed by atoms with Crippen LogP contribution in [0.2, 0.25) is 0 Å². The minimum atomic E-state index is -1.68. The number of methoxy groups -OCH3 is 1. The second-order valence-corrected chi connectivity index (χ2v) is 7.01. The molecule has 0 saturated heterocycles. The van der Waals surface area contributed by atoms with E-state index in [1.165, 1.54) is 0 Å². The Hall–Kier alpha value is -1.59. The summed E-state index contributed by atoms with van der Waals surface area (Å²) in [5, 5.41) is 38.2. The van der Waals surface area contributed by atoms with E-state index in [-0.39, 0.29) is 19.0 Å². The normalized spacial score (nSPS) is 12.6. The number of carboxylic acid groups (broad SMARTS) is 2.